The normalized spacial score (nSPS) is 19.6. The first-order valence-corrected chi connectivity index (χ1v) is 8.21. The van der Waals surface area contributed by atoms with Gasteiger partial charge in [-0.3, -0.25) is 9.59 Å². The lowest BCUT2D eigenvalue weighted by molar-refractivity contribution is -0.136. The maximum atomic E-state index is 12.3. The van der Waals surface area contributed by atoms with Crippen LogP contribution in [-0.2, 0) is 9.59 Å². The summed E-state index contributed by atoms with van der Waals surface area (Å²) in [4.78, 5) is 26.1. The summed E-state index contributed by atoms with van der Waals surface area (Å²) in [7, 11) is 0. The third-order valence-corrected chi connectivity index (χ3v) is 4.33. The number of benzene rings is 1. The molecule has 1 saturated carbocycles. The Morgan fingerprint density at radius 1 is 1.36 bits per heavy atom. The Labute approximate surface area is 140 Å². The summed E-state index contributed by atoms with van der Waals surface area (Å²) in [6.45, 7) is 4.67. The Hall–Kier alpha value is -1.26. The second-order valence-corrected chi connectivity index (χ2v) is 6.60. The smallest absolute Gasteiger partial charge is 0.244 e. The van der Waals surface area contributed by atoms with E-state index in [0.717, 1.165) is 12.8 Å². The van der Waals surface area contributed by atoms with Crippen LogP contribution in [0.25, 0.3) is 0 Å². The number of carbonyl (C=O) groups is 2. The van der Waals surface area contributed by atoms with Gasteiger partial charge in [0.05, 0.1) is 17.3 Å². The van der Waals surface area contributed by atoms with Crippen LogP contribution in [0.4, 0.5) is 5.69 Å². The van der Waals surface area contributed by atoms with Gasteiger partial charge in [0, 0.05) is 17.5 Å². The Morgan fingerprint density at radius 2 is 2.05 bits per heavy atom. The number of rotatable bonds is 6. The molecule has 22 heavy (non-hydrogen) atoms. The summed E-state index contributed by atoms with van der Waals surface area (Å²) in [5.41, 5.74) is 0.461. The fourth-order valence-corrected chi connectivity index (χ4v) is 2.73. The van der Waals surface area contributed by atoms with E-state index in [4.69, 9.17) is 23.2 Å². The molecule has 2 amide bonds. The standard InChI is InChI=1S/C16H20Cl2N2O2/c1-3-6-20(16(22)12-7-10(12)2)9-15(21)19-14-8-11(17)4-5-13(14)18/h4-5,8,10,12H,3,6-7,9H2,1-2H3,(H,19,21). The van der Waals surface area contributed by atoms with Crippen molar-refractivity contribution in [2.75, 3.05) is 18.4 Å². The van der Waals surface area contributed by atoms with E-state index in [1.165, 1.54) is 0 Å². The molecule has 120 valence electrons. The van der Waals surface area contributed by atoms with Crippen molar-refractivity contribution in [2.24, 2.45) is 11.8 Å². The summed E-state index contributed by atoms with van der Waals surface area (Å²) in [5, 5.41) is 3.63. The summed E-state index contributed by atoms with van der Waals surface area (Å²) in [6.07, 6.45) is 1.73. The Balaban J connectivity index is 1.98. The zero-order chi connectivity index (χ0) is 16.3. The van der Waals surface area contributed by atoms with Crippen molar-refractivity contribution in [3.63, 3.8) is 0 Å². The van der Waals surface area contributed by atoms with Gasteiger partial charge in [0.25, 0.3) is 0 Å². The van der Waals surface area contributed by atoms with Crippen LogP contribution in [0.1, 0.15) is 26.7 Å². The Kier molecular flexibility index (Phi) is 5.70. The van der Waals surface area contributed by atoms with Crippen molar-refractivity contribution in [2.45, 2.75) is 26.7 Å². The molecule has 1 aromatic rings. The number of anilines is 1. The van der Waals surface area contributed by atoms with Gasteiger partial charge in [-0.15, -0.1) is 0 Å². The van der Waals surface area contributed by atoms with Gasteiger partial charge in [-0.05, 0) is 37.0 Å². The molecule has 1 aliphatic rings. The largest absolute Gasteiger partial charge is 0.333 e. The first-order valence-electron chi connectivity index (χ1n) is 7.46. The molecule has 1 aliphatic carbocycles. The second kappa shape index (κ2) is 7.34. The fraction of sp³-hybridized carbons (Fsp3) is 0.500. The quantitative estimate of drug-likeness (QED) is 0.853. The van der Waals surface area contributed by atoms with Crippen LogP contribution in [0.3, 0.4) is 0 Å². The van der Waals surface area contributed by atoms with Crippen molar-refractivity contribution in [1.29, 1.82) is 0 Å². The zero-order valence-electron chi connectivity index (χ0n) is 12.7. The maximum Gasteiger partial charge on any atom is 0.244 e. The highest BCUT2D eigenvalue weighted by Crippen LogP contribution is 2.39. The van der Waals surface area contributed by atoms with Gasteiger partial charge in [0.2, 0.25) is 11.8 Å². The Bertz CT molecular complexity index is 577. The van der Waals surface area contributed by atoms with Gasteiger partial charge in [0.1, 0.15) is 0 Å². The molecular formula is C16H20Cl2N2O2. The van der Waals surface area contributed by atoms with Crippen LogP contribution in [0.2, 0.25) is 10.0 Å². The van der Waals surface area contributed by atoms with Crippen molar-refractivity contribution >= 4 is 40.7 Å². The zero-order valence-corrected chi connectivity index (χ0v) is 14.2. The molecule has 0 bridgehead atoms. The summed E-state index contributed by atoms with van der Waals surface area (Å²) in [6, 6.07) is 4.87. The highest BCUT2D eigenvalue weighted by molar-refractivity contribution is 6.35. The van der Waals surface area contributed by atoms with Crippen LogP contribution in [0.15, 0.2) is 18.2 Å². The lowest BCUT2D eigenvalue weighted by atomic mass is 10.2. The first kappa shape index (κ1) is 17.1. The van der Waals surface area contributed by atoms with Gasteiger partial charge in [-0.2, -0.15) is 0 Å². The van der Waals surface area contributed by atoms with Gasteiger partial charge >= 0.3 is 0 Å². The van der Waals surface area contributed by atoms with E-state index in [9.17, 15) is 9.59 Å². The molecule has 0 aliphatic heterocycles. The van der Waals surface area contributed by atoms with Crippen LogP contribution in [0, 0.1) is 11.8 Å². The molecule has 2 atom stereocenters. The molecule has 1 aromatic carbocycles. The summed E-state index contributed by atoms with van der Waals surface area (Å²) >= 11 is 11.9. The summed E-state index contributed by atoms with van der Waals surface area (Å²) in [5.74, 6) is 0.312. The molecule has 6 heteroatoms. The van der Waals surface area contributed by atoms with Crippen molar-refractivity contribution in [3.05, 3.63) is 28.2 Å². The van der Waals surface area contributed by atoms with Crippen LogP contribution in [-0.4, -0.2) is 29.8 Å². The highest BCUT2D eigenvalue weighted by atomic mass is 35.5. The number of hydrogen-bond acceptors (Lipinski definition) is 2. The van der Waals surface area contributed by atoms with E-state index in [2.05, 4.69) is 12.2 Å². The van der Waals surface area contributed by atoms with Gasteiger partial charge in [0.15, 0.2) is 0 Å². The first-order chi connectivity index (χ1) is 10.4. The van der Waals surface area contributed by atoms with E-state index < -0.39 is 0 Å². The number of amides is 2. The monoisotopic (exact) mass is 342 g/mol. The molecule has 0 aromatic heterocycles. The van der Waals surface area contributed by atoms with Gasteiger partial charge in [-0.25, -0.2) is 0 Å². The molecular weight excluding hydrogens is 323 g/mol. The van der Waals surface area contributed by atoms with Crippen LogP contribution < -0.4 is 5.32 Å². The second-order valence-electron chi connectivity index (χ2n) is 5.75. The van der Waals surface area contributed by atoms with Gasteiger partial charge in [-0.1, -0.05) is 37.0 Å². The minimum absolute atomic E-state index is 0.0404. The molecule has 0 saturated heterocycles. The molecule has 1 N–H and O–H groups in total. The predicted octanol–water partition coefficient (Wildman–Crippen LogP) is 3.83. The van der Waals surface area contributed by atoms with Crippen molar-refractivity contribution in [1.82, 2.24) is 4.90 Å². The third-order valence-electron chi connectivity index (χ3n) is 3.77. The fourth-order valence-electron chi connectivity index (χ4n) is 2.39. The molecule has 2 rings (SSSR count). The molecule has 2 unspecified atom stereocenters. The number of carbonyl (C=O) groups excluding carboxylic acids is 2. The predicted molar refractivity (Wildman–Crippen MR) is 89.2 cm³/mol. The molecule has 0 heterocycles. The van der Waals surface area contributed by atoms with E-state index in [1.54, 1.807) is 23.1 Å². The lowest BCUT2D eigenvalue weighted by Gasteiger charge is -2.22. The topological polar surface area (TPSA) is 49.4 Å². The Morgan fingerprint density at radius 3 is 2.64 bits per heavy atom. The molecule has 1 fully saturated rings. The SMILES string of the molecule is CCCN(CC(=O)Nc1cc(Cl)ccc1Cl)C(=O)C1CC1C. The van der Waals surface area contributed by atoms with E-state index in [1.807, 2.05) is 6.92 Å². The lowest BCUT2D eigenvalue weighted by Crippen LogP contribution is -2.39. The average Bonchev–Trinajstić information content (AvgIpc) is 3.18. The molecule has 4 nitrogen and oxygen atoms in total. The van der Waals surface area contributed by atoms with Crippen molar-refractivity contribution in [3.8, 4) is 0 Å². The summed E-state index contributed by atoms with van der Waals surface area (Å²) < 4.78 is 0. The highest BCUT2D eigenvalue weighted by Gasteiger charge is 2.41. The van der Waals surface area contributed by atoms with E-state index >= 15 is 0 Å². The molecule has 0 spiro atoms. The third kappa shape index (κ3) is 4.37. The average molecular weight is 343 g/mol. The number of hydrogen-bond donors (Lipinski definition) is 1. The number of nitrogens with one attached hydrogen (secondary N) is 1. The minimum atomic E-state index is -0.265. The van der Waals surface area contributed by atoms with E-state index in [-0.39, 0.29) is 24.3 Å². The van der Waals surface area contributed by atoms with Crippen molar-refractivity contribution < 1.29 is 9.59 Å². The maximum absolute atomic E-state index is 12.3. The van der Waals surface area contributed by atoms with E-state index in [0.29, 0.717) is 28.2 Å². The van der Waals surface area contributed by atoms with Crippen LogP contribution >= 0.6 is 23.2 Å². The number of nitrogens with zero attached hydrogens (tertiary/aromatic N) is 1. The molecule has 0 radical (unpaired) electrons. The van der Waals surface area contributed by atoms with Gasteiger partial charge < -0.3 is 10.2 Å². The minimum Gasteiger partial charge on any atom is -0.333 e. The number of halogens is 2. The van der Waals surface area contributed by atoms with Crippen LogP contribution in [0.5, 0.6) is 0 Å².